The summed E-state index contributed by atoms with van der Waals surface area (Å²) >= 11 is 0. The van der Waals surface area contributed by atoms with E-state index >= 15 is 0 Å². The minimum Gasteiger partial charge on any atom is -0.460 e. The second-order valence-corrected chi connectivity index (χ2v) is 3.38. The van der Waals surface area contributed by atoms with Crippen molar-refractivity contribution in [2.24, 2.45) is 5.92 Å². The van der Waals surface area contributed by atoms with Crippen molar-refractivity contribution in [1.29, 1.82) is 0 Å². The molecule has 0 heterocycles. The summed E-state index contributed by atoms with van der Waals surface area (Å²) < 4.78 is 5.08. The molecule has 0 fully saturated rings. The number of hydrogen-bond donors (Lipinski definition) is 0. The monoisotopic (exact) mass is 170 g/mol. The van der Waals surface area contributed by atoms with Gasteiger partial charge in [-0.2, -0.15) is 0 Å². The summed E-state index contributed by atoms with van der Waals surface area (Å²) in [7, 11) is 0. The van der Waals surface area contributed by atoms with Gasteiger partial charge in [-0.05, 0) is 26.2 Å². The van der Waals surface area contributed by atoms with E-state index < -0.39 is 0 Å². The van der Waals surface area contributed by atoms with Crippen molar-refractivity contribution in [3.05, 3.63) is 12.2 Å². The van der Waals surface area contributed by atoms with E-state index in [1.54, 1.807) is 13.0 Å². The zero-order chi connectivity index (χ0) is 9.56. The minimum atomic E-state index is -0.245. The summed E-state index contributed by atoms with van der Waals surface area (Å²) in [5.41, 5.74) is 0. The van der Waals surface area contributed by atoms with Gasteiger partial charge in [-0.15, -0.1) is 0 Å². The van der Waals surface area contributed by atoms with Gasteiger partial charge in [0.2, 0.25) is 0 Å². The Hall–Kier alpha value is -0.790. The number of hydrogen-bond acceptors (Lipinski definition) is 2. The third-order valence-electron chi connectivity index (χ3n) is 1.42. The minimum absolute atomic E-state index is 0.0219. The summed E-state index contributed by atoms with van der Waals surface area (Å²) in [6.45, 7) is 7.94. The molecule has 2 heteroatoms. The summed E-state index contributed by atoms with van der Waals surface area (Å²) in [5.74, 6) is 0.323. The topological polar surface area (TPSA) is 26.3 Å². The molecule has 0 aliphatic carbocycles. The normalized spacial score (nSPS) is 13.8. The van der Waals surface area contributed by atoms with E-state index in [2.05, 4.69) is 13.8 Å². The fraction of sp³-hybridized carbons (Fsp3) is 0.700. The van der Waals surface area contributed by atoms with Gasteiger partial charge in [0.25, 0.3) is 0 Å². The Bertz CT molecular complexity index is 159. The van der Waals surface area contributed by atoms with Crippen LogP contribution in [0, 0.1) is 5.92 Å². The standard InChI is InChI=1S/C10H18O2/c1-5-6-10(11)12-9(4)7-8(2)3/h5-6,8-9H,7H2,1-4H3/b6-5-. The highest BCUT2D eigenvalue weighted by atomic mass is 16.5. The lowest BCUT2D eigenvalue weighted by atomic mass is 10.1. The Morgan fingerprint density at radius 3 is 2.42 bits per heavy atom. The van der Waals surface area contributed by atoms with Crippen molar-refractivity contribution < 1.29 is 9.53 Å². The van der Waals surface area contributed by atoms with E-state index in [4.69, 9.17) is 4.74 Å². The Labute approximate surface area is 74.6 Å². The van der Waals surface area contributed by atoms with Crippen LogP contribution >= 0.6 is 0 Å². The van der Waals surface area contributed by atoms with Gasteiger partial charge < -0.3 is 4.74 Å². The van der Waals surface area contributed by atoms with Crippen molar-refractivity contribution in [2.75, 3.05) is 0 Å². The fourth-order valence-electron chi connectivity index (χ4n) is 1.09. The van der Waals surface area contributed by atoms with E-state index in [1.165, 1.54) is 6.08 Å². The van der Waals surface area contributed by atoms with E-state index in [0.29, 0.717) is 5.92 Å². The second kappa shape index (κ2) is 5.81. The predicted octanol–water partition coefficient (Wildman–Crippen LogP) is 2.54. The first-order valence-corrected chi connectivity index (χ1v) is 4.39. The van der Waals surface area contributed by atoms with Gasteiger partial charge in [-0.1, -0.05) is 19.9 Å². The zero-order valence-electron chi connectivity index (χ0n) is 8.33. The zero-order valence-corrected chi connectivity index (χ0v) is 8.33. The van der Waals surface area contributed by atoms with Crippen molar-refractivity contribution in [1.82, 2.24) is 0 Å². The quantitative estimate of drug-likeness (QED) is 0.478. The largest absolute Gasteiger partial charge is 0.460 e. The lowest BCUT2D eigenvalue weighted by Gasteiger charge is -2.13. The van der Waals surface area contributed by atoms with Crippen LogP contribution in [0.4, 0.5) is 0 Å². The lowest BCUT2D eigenvalue weighted by molar-refractivity contribution is -0.142. The van der Waals surface area contributed by atoms with Crippen LogP contribution < -0.4 is 0 Å². The van der Waals surface area contributed by atoms with Gasteiger partial charge in [0.15, 0.2) is 0 Å². The van der Waals surface area contributed by atoms with E-state index in [-0.39, 0.29) is 12.1 Å². The molecular weight excluding hydrogens is 152 g/mol. The summed E-state index contributed by atoms with van der Waals surface area (Å²) in [4.78, 5) is 10.9. The van der Waals surface area contributed by atoms with Gasteiger partial charge in [0.1, 0.15) is 0 Å². The van der Waals surface area contributed by atoms with Gasteiger partial charge >= 0.3 is 5.97 Å². The third-order valence-corrected chi connectivity index (χ3v) is 1.42. The average Bonchev–Trinajstić information content (AvgIpc) is 1.84. The van der Waals surface area contributed by atoms with Gasteiger partial charge in [0.05, 0.1) is 6.10 Å². The molecule has 12 heavy (non-hydrogen) atoms. The Morgan fingerprint density at radius 2 is 2.00 bits per heavy atom. The van der Waals surface area contributed by atoms with Crippen LogP contribution in [-0.4, -0.2) is 12.1 Å². The Kier molecular flexibility index (Phi) is 5.43. The van der Waals surface area contributed by atoms with Crippen LogP contribution in [0.5, 0.6) is 0 Å². The molecule has 0 amide bonds. The maximum absolute atomic E-state index is 10.9. The van der Waals surface area contributed by atoms with Crippen molar-refractivity contribution in [2.45, 2.75) is 40.2 Å². The van der Waals surface area contributed by atoms with Gasteiger partial charge in [-0.25, -0.2) is 4.79 Å². The molecule has 0 saturated carbocycles. The molecule has 1 unspecified atom stereocenters. The smallest absolute Gasteiger partial charge is 0.330 e. The molecule has 0 aromatic carbocycles. The van der Waals surface area contributed by atoms with Crippen LogP contribution in [-0.2, 0) is 9.53 Å². The van der Waals surface area contributed by atoms with Crippen LogP contribution in [0.1, 0.15) is 34.1 Å². The van der Waals surface area contributed by atoms with Crippen molar-refractivity contribution in [3.8, 4) is 0 Å². The van der Waals surface area contributed by atoms with Gasteiger partial charge in [-0.3, -0.25) is 0 Å². The van der Waals surface area contributed by atoms with Crippen molar-refractivity contribution in [3.63, 3.8) is 0 Å². The highest BCUT2D eigenvalue weighted by molar-refractivity contribution is 5.81. The third kappa shape index (κ3) is 5.96. The maximum Gasteiger partial charge on any atom is 0.330 e. The Morgan fingerprint density at radius 1 is 1.42 bits per heavy atom. The van der Waals surface area contributed by atoms with E-state index in [9.17, 15) is 4.79 Å². The number of carbonyl (C=O) groups is 1. The van der Waals surface area contributed by atoms with Crippen LogP contribution in [0.2, 0.25) is 0 Å². The van der Waals surface area contributed by atoms with Crippen LogP contribution in [0.3, 0.4) is 0 Å². The number of allylic oxidation sites excluding steroid dienone is 1. The summed E-state index contributed by atoms with van der Waals surface area (Å²) in [6, 6.07) is 0. The molecule has 0 saturated heterocycles. The highest BCUT2D eigenvalue weighted by Crippen LogP contribution is 2.07. The molecule has 0 radical (unpaired) electrons. The molecule has 2 nitrogen and oxygen atoms in total. The molecule has 0 rings (SSSR count). The number of esters is 1. The SMILES string of the molecule is C/C=C\C(=O)OC(C)CC(C)C. The molecule has 70 valence electrons. The number of rotatable bonds is 4. The molecule has 0 N–H and O–H groups in total. The average molecular weight is 170 g/mol. The van der Waals surface area contributed by atoms with Gasteiger partial charge in [0, 0.05) is 6.08 Å². The first-order chi connectivity index (χ1) is 5.56. The molecule has 1 atom stereocenters. The van der Waals surface area contributed by atoms with E-state index in [1.807, 2.05) is 6.92 Å². The molecule has 0 spiro atoms. The number of ether oxygens (including phenoxy) is 1. The van der Waals surface area contributed by atoms with Crippen LogP contribution in [0.25, 0.3) is 0 Å². The molecule has 0 aromatic rings. The van der Waals surface area contributed by atoms with E-state index in [0.717, 1.165) is 6.42 Å². The molecule has 0 aliphatic rings. The second-order valence-electron chi connectivity index (χ2n) is 3.38. The molecule has 0 aliphatic heterocycles. The predicted molar refractivity (Wildman–Crippen MR) is 49.8 cm³/mol. The van der Waals surface area contributed by atoms with Crippen molar-refractivity contribution >= 4 is 5.97 Å². The Balaban J connectivity index is 3.68. The molecular formula is C10H18O2. The molecule has 0 aromatic heterocycles. The number of carbonyl (C=O) groups excluding carboxylic acids is 1. The molecule has 0 bridgehead atoms. The first-order valence-electron chi connectivity index (χ1n) is 4.39. The summed E-state index contributed by atoms with van der Waals surface area (Å²) in [6.07, 6.45) is 4.07. The fourth-order valence-corrected chi connectivity index (χ4v) is 1.09. The first kappa shape index (κ1) is 11.2. The maximum atomic E-state index is 10.9. The van der Waals surface area contributed by atoms with Crippen LogP contribution in [0.15, 0.2) is 12.2 Å². The highest BCUT2D eigenvalue weighted by Gasteiger charge is 2.07. The summed E-state index contributed by atoms with van der Waals surface area (Å²) in [5, 5.41) is 0. The lowest BCUT2D eigenvalue weighted by Crippen LogP contribution is -2.15.